The van der Waals surface area contributed by atoms with Gasteiger partial charge in [0.1, 0.15) is 31.3 Å². The number of nitrogens with zero attached hydrogens (tertiary/aromatic N) is 2. The van der Waals surface area contributed by atoms with Gasteiger partial charge in [-0.25, -0.2) is 9.59 Å². The Morgan fingerprint density at radius 3 is 2.30 bits per heavy atom. The van der Waals surface area contributed by atoms with Crippen molar-refractivity contribution < 1.29 is 43.3 Å². The number of nitrogens with one attached hydrogen (secondary N) is 3. The predicted octanol–water partition coefficient (Wildman–Crippen LogP) is 1.63. The van der Waals surface area contributed by atoms with Crippen LogP contribution in [0.5, 0.6) is 0 Å². The summed E-state index contributed by atoms with van der Waals surface area (Å²) in [6.07, 6.45) is 0.652. The topological polar surface area (TPSA) is 184 Å². The average molecular weight is 606 g/mol. The third-order valence-electron chi connectivity index (χ3n) is 6.30. The highest BCUT2D eigenvalue weighted by atomic mass is 16.6. The molecule has 0 aromatic heterocycles. The second-order valence-electron chi connectivity index (χ2n) is 11.0. The van der Waals surface area contributed by atoms with Gasteiger partial charge >= 0.3 is 18.2 Å². The van der Waals surface area contributed by atoms with Crippen molar-refractivity contribution in [1.29, 1.82) is 0 Å². The van der Waals surface area contributed by atoms with Crippen molar-refractivity contribution in [2.24, 2.45) is 0 Å². The van der Waals surface area contributed by atoms with Crippen LogP contribution in [0.3, 0.4) is 0 Å². The van der Waals surface area contributed by atoms with Gasteiger partial charge in [-0.1, -0.05) is 30.3 Å². The summed E-state index contributed by atoms with van der Waals surface area (Å²) < 4.78 is 10.3. The third-order valence-corrected chi connectivity index (χ3v) is 6.30. The molecule has 1 atom stereocenters. The first kappa shape index (κ1) is 34.8. The molecule has 1 saturated heterocycles. The summed E-state index contributed by atoms with van der Waals surface area (Å²) in [6, 6.07) is 8.10. The zero-order valence-corrected chi connectivity index (χ0v) is 25.1. The number of carboxylic acids is 1. The van der Waals surface area contributed by atoms with Crippen molar-refractivity contribution >= 4 is 35.9 Å². The fourth-order valence-corrected chi connectivity index (χ4v) is 4.29. The van der Waals surface area contributed by atoms with Crippen molar-refractivity contribution in [1.82, 2.24) is 25.8 Å². The fraction of sp³-hybridized carbons (Fsp3) is 0.586. The molecule has 14 heteroatoms. The summed E-state index contributed by atoms with van der Waals surface area (Å²) in [5, 5.41) is 17.0. The molecule has 0 spiro atoms. The number of carbonyl (C=O) groups excluding carboxylic acids is 5. The molecular weight excluding hydrogens is 562 g/mol. The third kappa shape index (κ3) is 13.9. The zero-order chi connectivity index (χ0) is 31.8. The molecule has 0 bridgehead atoms. The summed E-state index contributed by atoms with van der Waals surface area (Å²) in [5.41, 5.74) is 0.199. The van der Waals surface area contributed by atoms with Gasteiger partial charge in [0.05, 0.1) is 0 Å². The number of benzene rings is 1. The van der Waals surface area contributed by atoms with Gasteiger partial charge in [-0.05, 0) is 52.0 Å². The van der Waals surface area contributed by atoms with E-state index in [2.05, 4.69) is 16.0 Å². The van der Waals surface area contributed by atoms with Crippen molar-refractivity contribution in [2.75, 3.05) is 39.3 Å². The molecule has 1 aromatic rings. The molecule has 5 amide bonds. The van der Waals surface area contributed by atoms with Crippen LogP contribution in [0, 0.1) is 0 Å². The van der Waals surface area contributed by atoms with Gasteiger partial charge in [-0.3, -0.25) is 19.2 Å². The average Bonchev–Trinajstić information content (AvgIpc) is 2.93. The maximum atomic E-state index is 13.1. The fourth-order valence-electron chi connectivity index (χ4n) is 4.29. The number of piperazine rings is 1. The van der Waals surface area contributed by atoms with E-state index in [1.54, 1.807) is 32.9 Å². The van der Waals surface area contributed by atoms with E-state index in [-0.39, 0.29) is 45.0 Å². The predicted molar refractivity (Wildman–Crippen MR) is 155 cm³/mol. The second kappa shape index (κ2) is 17.6. The van der Waals surface area contributed by atoms with Crippen LogP contribution >= 0.6 is 0 Å². The molecule has 1 unspecified atom stereocenters. The number of rotatable bonds is 15. The highest BCUT2D eigenvalue weighted by Crippen LogP contribution is 2.17. The van der Waals surface area contributed by atoms with E-state index in [0.717, 1.165) is 5.56 Å². The Balaban J connectivity index is 1.77. The normalized spacial score (nSPS) is 15.0. The number of carboxylic acid groups (broad SMARTS) is 1. The standard InChI is InChI=1S/C29H43N5O9/c1-29(2,3)43-28(41)31-14-8-7-13-23(35)30-15-9-12-22-26(39)33(19-25(37)38)16-17-34(22)24(36)18-32-27(40)42-20-21-10-5-4-6-11-21/h4-6,10-11,22H,7-9,12-20H2,1-3H3,(H,30,35)(H,31,41)(H,32,40)(H,37,38). The first-order valence-corrected chi connectivity index (χ1v) is 14.3. The molecule has 14 nitrogen and oxygen atoms in total. The minimum absolute atomic E-state index is 0.0323. The quantitative estimate of drug-likeness (QED) is 0.216. The maximum absolute atomic E-state index is 13.1. The SMILES string of the molecule is CC(C)(C)OC(=O)NCCCCC(=O)NCCCC1C(=O)N(CC(=O)O)CCN1C(=O)CNC(=O)OCc1ccccc1. The number of amides is 5. The minimum atomic E-state index is -1.16. The van der Waals surface area contributed by atoms with Crippen LogP contribution in [-0.2, 0) is 35.3 Å². The van der Waals surface area contributed by atoms with Gasteiger partial charge in [0.2, 0.25) is 17.7 Å². The van der Waals surface area contributed by atoms with Gasteiger partial charge in [0.15, 0.2) is 0 Å². The molecule has 2 rings (SSSR count). The minimum Gasteiger partial charge on any atom is -0.480 e. The van der Waals surface area contributed by atoms with Gasteiger partial charge in [0, 0.05) is 32.6 Å². The van der Waals surface area contributed by atoms with E-state index in [0.29, 0.717) is 25.8 Å². The highest BCUT2D eigenvalue weighted by Gasteiger charge is 2.37. The Bertz CT molecular complexity index is 1110. The molecule has 0 aliphatic carbocycles. The molecule has 1 heterocycles. The first-order chi connectivity index (χ1) is 20.4. The van der Waals surface area contributed by atoms with E-state index >= 15 is 0 Å². The number of hydrogen-bond donors (Lipinski definition) is 4. The van der Waals surface area contributed by atoms with Crippen LogP contribution in [0.2, 0.25) is 0 Å². The molecule has 1 aliphatic heterocycles. The molecule has 43 heavy (non-hydrogen) atoms. The van der Waals surface area contributed by atoms with Crippen LogP contribution in [0.1, 0.15) is 58.4 Å². The molecule has 0 radical (unpaired) electrons. The number of alkyl carbamates (subject to hydrolysis) is 2. The molecule has 1 aliphatic rings. The van der Waals surface area contributed by atoms with Gasteiger partial charge in [-0.15, -0.1) is 0 Å². The van der Waals surface area contributed by atoms with Crippen molar-refractivity contribution in [3.05, 3.63) is 35.9 Å². The van der Waals surface area contributed by atoms with Gasteiger partial charge < -0.3 is 40.3 Å². The number of ether oxygens (including phenoxy) is 2. The monoisotopic (exact) mass is 605 g/mol. The molecule has 1 aromatic carbocycles. The van der Waals surface area contributed by atoms with E-state index in [4.69, 9.17) is 14.6 Å². The van der Waals surface area contributed by atoms with Crippen LogP contribution in [0.15, 0.2) is 30.3 Å². The molecular formula is C29H43N5O9. The Labute approximate surface area is 251 Å². The molecule has 238 valence electrons. The van der Waals surface area contributed by atoms with Crippen LogP contribution in [0.4, 0.5) is 9.59 Å². The summed E-state index contributed by atoms with van der Waals surface area (Å²) in [5.74, 6) is -2.36. The van der Waals surface area contributed by atoms with E-state index in [9.17, 15) is 28.8 Å². The summed E-state index contributed by atoms with van der Waals surface area (Å²) in [4.78, 5) is 75.7. The lowest BCUT2D eigenvalue weighted by Gasteiger charge is -2.40. The van der Waals surface area contributed by atoms with E-state index in [1.807, 2.05) is 18.2 Å². The number of aliphatic carboxylic acids is 1. The Kier molecular flexibility index (Phi) is 14.2. The molecule has 0 saturated carbocycles. The lowest BCUT2D eigenvalue weighted by Crippen LogP contribution is -2.60. The lowest BCUT2D eigenvalue weighted by atomic mass is 10.0. The van der Waals surface area contributed by atoms with Crippen LogP contribution in [-0.4, -0.2) is 102 Å². The smallest absolute Gasteiger partial charge is 0.407 e. The molecule has 1 fully saturated rings. The number of unbranched alkanes of at least 4 members (excludes halogenated alkanes) is 1. The summed E-state index contributed by atoms with van der Waals surface area (Å²) in [7, 11) is 0. The second-order valence-corrected chi connectivity index (χ2v) is 11.0. The van der Waals surface area contributed by atoms with Gasteiger partial charge in [0.25, 0.3) is 0 Å². The van der Waals surface area contributed by atoms with E-state index in [1.165, 1.54) is 9.80 Å². The van der Waals surface area contributed by atoms with Crippen molar-refractivity contribution in [2.45, 2.75) is 71.1 Å². The van der Waals surface area contributed by atoms with Crippen LogP contribution in [0.25, 0.3) is 0 Å². The van der Waals surface area contributed by atoms with Crippen LogP contribution < -0.4 is 16.0 Å². The van der Waals surface area contributed by atoms with E-state index < -0.39 is 54.7 Å². The lowest BCUT2D eigenvalue weighted by molar-refractivity contribution is -0.155. The highest BCUT2D eigenvalue weighted by molar-refractivity contribution is 5.92. The molecule has 4 N–H and O–H groups in total. The van der Waals surface area contributed by atoms with Gasteiger partial charge in [-0.2, -0.15) is 0 Å². The van der Waals surface area contributed by atoms with Crippen molar-refractivity contribution in [3.8, 4) is 0 Å². The Morgan fingerprint density at radius 2 is 1.63 bits per heavy atom. The largest absolute Gasteiger partial charge is 0.480 e. The summed E-state index contributed by atoms with van der Waals surface area (Å²) in [6.45, 7) is 5.25. The Hall–Kier alpha value is -4.36. The number of hydrogen-bond acceptors (Lipinski definition) is 8. The maximum Gasteiger partial charge on any atom is 0.407 e. The zero-order valence-electron chi connectivity index (χ0n) is 25.1. The summed E-state index contributed by atoms with van der Waals surface area (Å²) >= 11 is 0. The van der Waals surface area contributed by atoms with Crippen molar-refractivity contribution in [3.63, 3.8) is 0 Å². The Morgan fingerprint density at radius 1 is 0.930 bits per heavy atom. The first-order valence-electron chi connectivity index (χ1n) is 14.3. The number of carbonyl (C=O) groups is 6.